The van der Waals surface area contributed by atoms with Gasteiger partial charge in [-0.25, -0.2) is 0 Å². The highest BCUT2D eigenvalue weighted by atomic mass is 35.5. The van der Waals surface area contributed by atoms with Gasteiger partial charge >= 0.3 is 10.2 Å². The molecule has 1 N–H and O–H groups in total. The molecule has 1 aliphatic heterocycles. The number of phenolic OH excluding ortho intramolecular Hbond substituents is 1. The molecular weight excluding hydrogens is 458 g/mol. The number of hydrogen-bond donors (Lipinski definition) is 1. The monoisotopic (exact) mass is 481 g/mol. The second kappa shape index (κ2) is 8.83. The highest BCUT2D eigenvalue weighted by molar-refractivity contribution is 7.89. The molecular formula is C20H24ClN5O5S. The minimum Gasteiger partial charge on any atom is -0.505 e. The molecule has 10 nitrogen and oxygen atoms in total. The van der Waals surface area contributed by atoms with Crippen LogP contribution in [0.2, 0.25) is 5.02 Å². The average molecular weight is 482 g/mol. The predicted molar refractivity (Wildman–Crippen MR) is 123 cm³/mol. The smallest absolute Gasteiger partial charge is 0.367 e. The number of amidine groups is 2. The van der Waals surface area contributed by atoms with Gasteiger partial charge < -0.3 is 24.2 Å². The molecule has 1 aromatic heterocycles. The Kier molecular flexibility index (Phi) is 6.51. The van der Waals surface area contributed by atoms with Crippen molar-refractivity contribution in [3.05, 3.63) is 46.9 Å². The number of furan rings is 1. The van der Waals surface area contributed by atoms with Gasteiger partial charge in [0.25, 0.3) is 5.91 Å². The molecule has 1 aromatic carbocycles. The molecule has 0 bridgehead atoms. The van der Waals surface area contributed by atoms with Gasteiger partial charge in [-0.2, -0.15) is 8.42 Å². The highest BCUT2D eigenvalue weighted by Gasteiger charge is 2.35. The lowest BCUT2D eigenvalue weighted by Crippen LogP contribution is -2.42. The van der Waals surface area contributed by atoms with E-state index in [1.807, 2.05) is 6.92 Å². The Balaban J connectivity index is 2.03. The van der Waals surface area contributed by atoms with E-state index < -0.39 is 16.1 Å². The first-order valence-corrected chi connectivity index (χ1v) is 11.4. The fourth-order valence-corrected chi connectivity index (χ4v) is 4.44. The number of nitrogens with zero attached hydrogens (tertiary/aromatic N) is 5. The first kappa shape index (κ1) is 23.6. The van der Waals surface area contributed by atoms with Crippen molar-refractivity contribution in [1.29, 1.82) is 0 Å². The number of para-hydroxylation sites is 1. The number of rotatable bonds is 5. The molecule has 1 atom stereocenters. The van der Waals surface area contributed by atoms with Crippen LogP contribution in [0.25, 0.3) is 0 Å². The lowest BCUT2D eigenvalue weighted by molar-refractivity contribution is 0.0824. The number of amides is 1. The zero-order valence-corrected chi connectivity index (χ0v) is 19.8. The zero-order chi connectivity index (χ0) is 23.8. The summed E-state index contributed by atoms with van der Waals surface area (Å²) in [5, 5.41) is 11.2. The van der Waals surface area contributed by atoms with Crippen LogP contribution in [0.4, 0.5) is 5.69 Å². The summed E-state index contributed by atoms with van der Waals surface area (Å²) in [6, 6.07) is 5.90. The number of hydrogen-bond acceptors (Lipinski definition) is 7. The van der Waals surface area contributed by atoms with Crippen molar-refractivity contribution in [3.8, 4) is 5.75 Å². The summed E-state index contributed by atoms with van der Waals surface area (Å²) < 4.78 is 37.7. The number of anilines is 1. The third kappa shape index (κ3) is 4.44. The van der Waals surface area contributed by atoms with Gasteiger partial charge in [0.15, 0.2) is 17.4 Å². The molecule has 0 aliphatic carbocycles. The van der Waals surface area contributed by atoms with Gasteiger partial charge in [0.2, 0.25) is 0 Å². The van der Waals surface area contributed by atoms with Crippen LogP contribution in [0.5, 0.6) is 5.75 Å². The van der Waals surface area contributed by atoms with E-state index in [2.05, 4.69) is 8.80 Å². The Labute approximate surface area is 191 Å². The zero-order valence-electron chi connectivity index (χ0n) is 18.3. The van der Waals surface area contributed by atoms with Crippen molar-refractivity contribution in [2.24, 2.45) is 8.80 Å². The van der Waals surface area contributed by atoms with Gasteiger partial charge in [0, 0.05) is 34.3 Å². The first-order valence-electron chi connectivity index (χ1n) is 9.66. The third-order valence-corrected chi connectivity index (χ3v) is 6.04. The molecule has 0 unspecified atom stereocenters. The minimum absolute atomic E-state index is 0.00615. The lowest BCUT2D eigenvalue weighted by Gasteiger charge is -2.30. The van der Waals surface area contributed by atoms with E-state index in [1.165, 1.54) is 29.2 Å². The molecule has 0 radical (unpaired) electrons. The van der Waals surface area contributed by atoms with Crippen molar-refractivity contribution >= 4 is 45.1 Å². The van der Waals surface area contributed by atoms with Crippen molar-refractivity contribution < 1.29 is 22.7 Å². The van der Waals surface area contributed by atoms with E-state index >= 15 is 0 Å². The number of aromatic hydroxyl groups is 1. The number of benzene rings is 1. The van der Waals surface area contributed by atoms with Crippen LogP contribution >= 0.6 is 11.6 Å². The lowest BCUT2D eigenvalue weighted by atomic mass is 10.1. The summed E-state index contributed by atoms with van der Waals surface area (Å²) in [4.78, 5) is 16.7. The standard InChI is InChI=1S/C20H24ClN5O5S/c1-6-14(16-10-12(21)11-31-16)25(4)18-19(23-32(29,30)22-18)26(5)15-9-7-8-13(17(15)27)20(28)24(2)3/h7-11,14,27H,6H2,1-5H3/t14-/m1/s1. The molecule has 3 rings (SSSR count). The molecule has 2 heterocycles. The summed E-state index contributed by atoms with van der Waals surface area (Å²) in [5.41, 5.74) is 0.271. The summed E-state index contributed by atoms with van der Waals surface area (Å²) in [5.74, 6) is -0.0996. The molecule has 0 saturated carbocycles. The summed E-state index contributed by atoms with van der Waals surface area (Å²) in [6.07, 6.45) is 1.96. The minimum atomic E-state index is -4.14. The average Bonchev–Trinajstić information content (AvgIpc) is 3.30. The molecule has 12 heteroatoms. The van der Waals surface area contributed by atoms with E-state index in [0.29, 0.717) is 17.2 Å². The molecule has 1 amide bonds. The van der Waals surface area contributed by atoms with Crippen LogP contribution in [0, 0.1) is 0 Å². The molecule has 32 heavy (non-hydrogen) atoms. The quantitative estimate of drug-likeness (QED) is 0.697. The van der Waals surface area contributed by atoms with E-state index in [9.17, 15) is 18.3 Å². The van der Waals surface area contributed by atoms with Crippen molar-refractivity contribution in [2.45, 2.75) is 19.4 Å². The van der Waals surface area contributed by atoms with Gasteiger partial charge in [0.05, 0.1) is 22.3 Å². The second-order valence-electron chi connectivity index (χ2n) is 7.41. The molecule has 1 aliphatic rings. The van der Waals surface area contributed by atoms with Crippen LogP contribution in [-0.4, -0.2) is 69.1 Å². The van der Waals surface area contributed by atoms with Crippen molar-refractivity contribution in [2.75, 3.05) is 33.1 Å². The number of phenols is 1. The van der Waals surface area contributed by atoms with Crippen LogP contribution in [0.1, 0.15) is 35.5 Å². The molecule has 0 spiro atoms. The Morgan fingerprint density at radius 1 is 1.19 bits per heavy atom. The van der Waals surface area contributed by atoms with Gasteiger partial charge in [-0.05, 0) is 18.6 Å². The number of carbonyl (C=O) groups is 1. The number of carbonyl (C=O) groups excluding carboxylic acids is 1. The Bertz CT molecular complexity index is 1200. The normalized spacial score (nSPS) is 15.7. The van der Waals surface area contributed by atoms with Gasteiger partial charge in [-0.3, -0.25) is 4.79 Å². The highest BCUT2D eigenvalue weighted by Crippen LogP contribution is 2.34. The maximum Gasteiger partial charge on any atom is 0.367 e. The van der Waals surface area contributed by atoms with E-state index in [0.717, 1.165) is 0 Å². The molecule has 0 saturated heterocycles. The molecule has 2 aromatic rings. The van der Waals surface area contributed by atoms with Crippen LogP contribution in [0.15, 0.2) is 43.7 Å². The maximum atomic E-state index is 12.4. The first-order chi connectivity index (χ1) is 15.0. The summed E-state index contributed by atoms with van der Waals surface area (Å²) >= 11 is 5.98. The largest absolute Gasteiger partial charge is 0.505 e. The van der Waals surface area contributed by atoms with Gasteiger partial charge in [-0.15, -0.1) is 8.80 Å². The Morgan fingerprint density at radius 3 is 2.41 bits per heavy atom. The predicted octanol–water partition coefficient (Wildman–Crippen LogP) is 2.92. The van der Waals surface area contributed by atoms with E-state index in [1.54, 1.807) is 44.2 Å². The summed E-state index contributed by atoms with van der Waals surface area (Å²) in [6.45, 7) is 1.91. The third-order valence-electron chi connectivity index (χ3n) is 5.04. The van der Waals surface area contributed by atoms with Crippen LogP contribution < -0.4 is 4.90 Å². The fourth-order valence-electron chi connectivity index (χ4n) is 3.40. The molecule has 172 valence electrons. The Morgan fingerprint density at radius 2 is 1.84 bits per heavy atom. The van der Waals surface area contributed by atoms with Crippen LogP contribution in [0.3, 0.4) is 0 Å². The SMILES string of the molecule is CC[C@H](c1cc(Cl)co1)N(C)C1=NS(=O)(=O)N=C1N(C)c1cccc(C(=O)N(C)C)c1O. The number of halogens is 1. The Hall–Kier alpha value is -3.05. The fraction of sp³-hybridized carbons (Fsp3) is 0.350. The van der Waals surface area contributed by atoms with Crippen LogP contribution in [-0.2, 0) is 10.2 Å². The van der Waals surface area contributed by atoms with E-state index in [-0.39, 0.29) is 34.7 Å². The topological polar surface area (TPSA) is 119 Å². The van der Waals surface area contributed by atoms with Gasteiger partial charge in [0.1, 0.15) is 12.0 Å². The number of likely N-dealkylation sites (N-methyl/N-ethyl adjacent to an activating group) is 2. The summed E-state index contributed by atoms with van der Waals surface area (Å²) in [7, 11) is 2.20. The maximum absolute atomic E-state index is 12.4. The second-order valence-corrected chi connectivity index (χ2v) is 9.11. The van der Waals surface area contributed by atoms with Gasteiger partial charge in [-0.1, -0.05) is 24.6 Å². The van der Waals surface area contributed by atoms with Crippen molar-refractivity contribution in [3.63, 3.8) is 0 Å². The van der Waals surface area contributed by atoms with Crippen molar-refractivity contribution in [1.82, 2.24) is 9.80 Å². The van der Waals surface area contributed by atoms with E-state index in [4.69, 9.17) is 16.0 Å². The molecule has 0 fully saturated rings.